The lowest BCUT2D eigenvalue weighted by atomic mass is 10.1. The Bertz CT molecular complexity index is 977. The minimum atomic E-state index is -1.54. The maximum atomic E-state index is 13.3. The number of hydrogen-bond donors (Lipinski definition) is 1. The molecule has 0 unspecified atom stereocenters. The van der Waals surface area contributed by atoms with Gasteiger partial charge in [-0.15, -0.1) is 0 Å². The number of furan rings is 1. The highest BCUT2D eigenvalue weighted by atomic mass is 35.5. The number of rotatable bonds is 6. The molecule has 0 bridgehead atoms. The van der Waals surface area contributed by atoms with Gasteiger partial charge in [0.1, 0.15) is 18.1 Å². The highest BCUT2D eigenvalue weighted by Crippen LogP contribution is 2.27. The first-order valence-electron chi connectivity index (χ1n) is 7.70. The van der Waals surface area contributed by atoms with Crippen LogP contribution in [0.3, 0.4) is 0 Å². The number of carboxylic acids is 1. The second-order valence-electron chi connectivity index (χ2n) is 5.66. The van der Waals surface area contributed by atoms with Crippen LogP contribution in [0.15, 0.2) is 46.9 Å². The van der Waals surface area contributed by atoms with E-state index in [0.717, 1.165) is 12.1 Å². The predicted octanol–water partition coefficient (Wildman–Crippen LogP) is 5.22. The average Bonchev–Trinajstić information content (AvgIpc) is 3.08. The normalized spacial score (nSPS) is 10.8. The van der Waals surface area contributed by atoms with Crippen LogP contribution in [-0.2, 0) is 13.0 Å². The fourth-order valence-corrected chi connectivity index (χ4v) is 2.65. The first-order chi connectivity index (χ1) is 12.8. The molecular formula is C19H12ClF3O4. The quantitative estimate of drug-likeness (QED) is 0.580. The minimum Gasteiger partial charge on any atom is -0.489 e. The van der Waals surface area contributed by atoms with Crippen molar-refractivity contribution in [2.24, 2.45) is 0 Å². The van der Waals surface area contributed by atoms with E-state index in [0.29, 0.717) is 22.1 Å². The summed E-state index contributed by atoms with van der Waals surface area (Å²) in [6.45, 7) is -0.207. The van der Waals surface area contributed by atoms with Crippen molar-refractivity contribution in [1.29, 1.82) is 0 Å². The van der Waals surface area contributed by atoms with Crippen LogP contribution in [-0.4, -0.2) is 11.1 Å². The van der Waals surface area contributed by atoms with Gasteiger partial charge in [0.15, 0.2) is 17.5 Å². The third-order valence-electron chi connectivity index (χ3n) is 3.70. The van der Waals surface area contributed by atoms with Crippen LogP contribution < -0.4 is 4.74 Å². The molecule has 3 aromatic rings. The molecule has 0 fully saturated rings. The Labute approximate surface area is 156 Å². The van der Waals surface area contributed by atoms with Crippen molar-refractivity contribution < 1.29 is 32.2 Å². The van der Waals surface area contributed by atoms with E-state index in [2.05, 4.69) is 0 Å². The molecule has 1 heterocycles. The second-order valence-corrected chi connectivity index (χ2v) is 6.10. The molecule has 0 amide bonds. The molecule has 1 N–H and O–H groups in total. The van der Waals surface area contributed by atoms with Gasteiger partial charge in [0, 0.05) is 17.0 Å². The average molecular weight is 397 g/mol. The van der Waals surface area contributed by atoms with Gasteiger partial charge in [0.05, 0.1) is 0 Å². The van der Waals surface area contributed by atoms with Crippen LogP contribution >= 0.6 is 11.6 Å². The summed E-state index contributed by atoms with van der Waals surface area (Å²) < 4.78 is 50.4. The van der Waals surface area contributed by atoms with Crippen LogP contribution in [0.1, 0.15) is 27.4 Å². The Morgan fingerprint density at radius 3 is 2.41 bits per heavy atom. The maximum absolute atomic E-state index is 13.3. The predicted molar refractivity (Wildman–Crippen MR) is 90.6 cm³/mol. The molecule has 2 aromatic carbocycles. The molecule has 1 aromatic heterocycles. The topological polar surface area (TPSA) is 59.7 Å². The SMILES string of the molecule is O=C(O)c1ccc(Cc2cc(Cl)ccc2OCc2cc(F)c(F)c(F)c2)o1. The summed E-state index contributed by atoms with van der Waals surface area (Å²) in [5.74, 6) is -4.81. The lowest BCUT2D eigenvalue weighted by Crippen LogP contribution is -2.02. The van der Waals surface area contributed by atoms with E-state index in [9.17, 15) is 18.0 Å². The number of aromatic carboxylic acids is 1. The van der Waals surface area contributed by atoms with E-state index < -0.39 is 23.4 Å². The van der Waals surface area contributed by atoms with E-state index in [1.807, 2.05) is 0 Å². The van der Waals surface area contributed by atoms with Crippen molar-refractivity contribution in [1.82, 2.24) is 0 Å². The molecule has 0 aliphatic carbocycles. The lowest BCUT2D eigenvalue weighted by Gasteiger charge is -2.12. The lowest BCUT2D eigenvalue weighted by molar-refractivity contribution is 0.0660. The molecule has 0 radical (unpaired) electrons. The third kappa shape index (κ3) is 4.43. The van der Waals surface area contributed by atoms with E-state index in [4.69, 9.17) is 25.9 Å². The largest absolute Gasteiger partial charge is 0.489 e. The van der Waals surface area contributed by atoms with Crippen molar-refractivity contribution >= 4 is 17.6 Å². The van der Waals surface area contributed by atoms with Crippen molar-refractivity contribution in [3.05, 3.63) is 87.6 Å². The number of benzene rings is 2. The van der Waals surface area contributed by atoms with Gasteiger partial charge in [0.2, 0.25) is 5.76 Å². The summed E-state index contributed by atoms with van der Waals surface area (Å²) in [5, 5.41) is 9.33. The van der Waals surface area contributed by atoms with Crippen molar-refractivity contribution in [2.75, 3.05) is 0 Å². The zero-order valence-electron chi connectivity index (χ0n) is 13.6. The molecular weight excluding hydrogens is 385 g/mol. The molecule has 0 spiro atoms. The Morgan fingerprint density at radius 1 is 1.07 bits per heavy atom. The van der Waals surface area contributed by atoms with Crippen molar-refractivity contribution in [3.63, 3.8) is 0 Å². The van der Waals surface area contributed by atoms with Gasteiger partial charge in [-0.2, -0.15) is 0 Å². The van der Waals surface area contributed by atoms with E-state index in [-0.39, 0.29) is 24.4 Å². The van der Waals surface area contributed by atoms with Crippen molar-refractivity contribution in [2.45, 2.75) is 13.0 Å². The summed E-state index contributed by atoms with van der Waals surface area (Å²) in [6.07, 6.45) is 0.190. The molecule has 0 aliphatic rings. The monoisotopic (exact) mass is 396 g/mol. The van der Waals surface area contributed by atoms with Gasteiger partial charge in [-0.3, -0.25) is 0 Å². The number of halogens is 4. The Kier molecular flexibility index (Phi) is 5.41. The smallest absolute Gasteiger partial charge is 0.371 e. The standard InChI is InChI=1S/C19H12ClF3O4/c20-12-1-3-16(26-9-10-5-14(21)18(23)15(22)6-10)11(7-12)8-13-2-4-17(27-13)19(24)25/h1-7H,8-9H2,(H,24,25). The molecule has 3 rings (SSSR count). The zero-order chi connectivity index (χ0) is 19.6. The first kappa shape index (κ1) is 18.8. The number of carboxylic acid groups (broad SMARTS) is 1. The van der Waals surface area contributed by atoms with E-state index >= 15 is 0 Å². The molecule has 140 valence electrons. The summed E-state index contributed by atoms with van der Waals surface area (Å²) in [6, 6.07) is 9.27. The van der Waals surface area contributed by atoms with Crippen LogP contribution in [0, 0.1) is 17.5 Å². The summed E-state index contributed by atoms with van der Waals surface area (Å²) in [5.41, 5.74) is 0.690. The fraction of sp³-hybridized carbons (Fsp3) is 0.105. The van der Waals surface area contributed by atoms with Gasteiger partial charge in [0.25, 0.3) is 0 Å². The number of hydrogen-bond acceptors (Lipinski definition) is 3. The van der Waals surface area contributed by atoms with E-state index in [1.165, 1.54) is 12.1 Å². The highest BCUT2D eigenvalue weighted by Gasteiger charge is 2.14. The molecule has 4 nitrogen and oxygen atoms in total. The van der Waals surface area contributed by atoms with Crippen LogP contribution in [0.25, 0.3) is 0 Å². The first-order valence-corrected chi connectivity index (χ1v) is 8.08. The number of carbonyl (C=O) groups is 1. The van der Waals surface area contributed by atoms with E-state index in [1.54, 1.807) is 18.2 Å². The molecule has 0 saturated heterocycles. The third-order valence-corrected chi connectivity index (χ3v) is 3.93. The molecule has 0 atom stereocenters. The fourth-order valence-electron chi connectivity index (χ4n) is 2.45. The van der Waals surface area contributed by atoms with Crippen LogP contribution in [0.5, 0.6) is 5.75 Å². The highest BCUT2D eigenvalue weighted by molar-refractivity contribution is 6.30. The molecule has 0 saturated carbocycles. The maximum Gasteiger partial charge on any atom is 0.371 e. The van der Waals surface area contributed by atoms with Gasteiger partial charge in [-0.25, -0.2) is 18.0 Å². The molecule has 27 heavy (non-hydrogen) atoms. The zero-order valence-corrected chi connectivity index (χ0v) is 14.4. The molecule has 8 heteroatoms. The Balaban J connectivity index is 1.80. The van der Waals surface area contributed by atoms with Gasteiger partial charge >= 0.3 is 5.97 Å². The summed E-state index contributed by atoms with van der Waals surface area (Å²) in [4.78, 5) is 10.9. The molecule has 0 aliphatic heterocycles. The minimum absolute atomic E-state index is 0.110. The van der Waals surface area contributed by atoms with Crippen molar-refractivity contribution in [3.8, 4) is 5.75 Å². The Morgan fingerprint density at radius 2 is 1.78 bits per heavy atom. The van der Waals surface area contributed by atoms with Gasteiger partial charge < -0.3 is 14.3 Å². The Hall–Kier alpha value is -2.93. The van der Waals surface area contributed by atoms with Crippen LogP contribution in [0.2, 0.25) is 5.02 Å². The van der Waals surface area contributed by atoms with Crippen LogP contribution in [0.4, 0.5) is 13.2 Å². The number of ether oxygens (including phenoxy) is 1. The van der Waals surface area contributed by atoms with Gasteiger partial charge in [-0.05, 0) is 48.0 Å². The second kappa shape index (κ2) is 7.75. The van der Waals surface area contributed by atoms with Gasteiger partial charge in [-0.1, -0.05) is 11.6 Å². The summed E-state index contributed by atoms with van der Waals surface area (Å²) in [7, 11) is 0. The summed E-state index contributed by atoms with van der Waals surface area (Å²) >= 11 is 5.99.